The first-order valence-electron chi connectivity index (χ1n) is 7.63. The molecule has 2 aromatic rings. The van der Waals surface area contributed by atoms with Crippen LogP contribution >= 0.6 is 0 Å². The Bertz CT molecular complexity index is 547. The molecule has 1 aliphatic rings. The molecule has 0 aliphatic carbocycles. The van der Waals surface area contributed by atoms with Gasteiger partial charge in [-0.05, 0) is 44.9 Å². The third kappa shape index (κ3) is 3.58. The molecule has 2 unspecified atom stereocenters. The van der Waals surface area contributed by atoms with E-state index in [0.717, 1.165) is 24.5 Å². The van der Waals surface area contributed by atoms with Gasteiger partial charge in [-0.15, -0.1) is 0 Å². The molecule has 0 amide bonds. The van der Waals surface area contributed by atoms with Gasteiger partial charge in [0, 0.05) is 18.3 Å². The van der Waals surface area contributed by atoms with Gasteiger partial charge < -0.3 is 10.6 Å². The van der Waals surface area contributed by atoms with Crippen molar-refractivity contribution in [3.63, 3.8) is 0 Å². The smallest absolute Gasteiger partial charge is 0.178 e. The number of anilines is 1. The molecule has 0 bridgehead atoms. The van der Waals surface area contributed by atoms with Crippen molar-refractivity contribution in [2.24, 2.45) is 0 Å². The van der Waals surface area contributed by atoms with E-state index < -0.39 is 0 Å². The minimum Gasteiger partial charge on any atom is -0.379 e. The second-order valence-electron chi connectivity index (χ2n) is 5.64. The third-order valence-electron chi connectivity index (χ3n) is 3.87. The van der Waals surface area contributed by atoms with Crippen molar-refractivity contribution < 1.29 is 0 Å². The van der Waals surface area contributed by atoms with Crippen LogP contribution in [0.3, 0.4) is 0 Å². The van der Waals surface area contributed by atoms with Crippen LogP contribution < -0.4 is 10.6 Å². The highest BCUT2D eigenvalue weighted by Crippen LogP contribution is 2.19. The molecule has 6 heteroatoms. The molecular formula is C15H22N6. The lowest BCUT2D eigenvalue weighted by Crippen LogP contribution is -2.37. The van der Waals surface area contributed by atoms with E-state index in [2.05, 4.69) is 32.6 Å². The summed E-state index contributed by atoms with van der Waals surface area (Å²) in [6.07, 6.45) is 9.99. The fourth-order valence-electron chi connectivity index (χ4n) is 2.89. The van der Waals surface area contributed by atoms with Crippen LogP contribution in [-0.2, 0) is 0 Å². The molecule has 2 aromatic heterocycles. The molecule has 3 rings (SSSR count). The second-order valence-corrected chi connectivity index (χ2v) is 5.64. The molecule has 1 saturated heterocycles. The Morgan fingerprint density at radius 1 is 1.48 bits per heavy atom. The van der Waals surface area contributed by atoms with Crippen molar-refractivity contribution in [2.75, 3.05) is 11.9 Å². The Labute approximate surface area is 125 Å². The molecule has 112 valence electrons. The maximum atomic E-state index is 4.40. The summed E-state index contributed by atoms with van der Waals surface area (Å²) in [6.45, 7) is 3.36. The van der Waals surface area contributed by atoms with Gasteiger partial charge in [0.05, 0.1) is 5.69 Å². The number of aromatic nitrogens is 4. The largest absolute Gasteiger partial charge is 0.379 e. The van der Waals surface area contributed by atoms with Crippen LogP contribution in [0, 0.1) is 0 Å². The Kier molecular flexibility index (Phi) is 4.45. The van der Waals surface area contributed by atoms with Crippen molar-refractivity contribution in [2.45, 2.75) is 44.7 Å². The molecule has 6 nitrogen and oxygen atoms in total. The monoisotopic (exact) mass is 286 g/mol. The molecule has 2 atom stereocenters. The van der Waals surface area contributed by atoms with Crippen LogP contribution in [0.5, 0.6) is 0 Å². The van der Waals surface area contributed by atoms with Crippen molar-refractivity contribution in [1.82, 2.24) is 25.1 Å². The summed E-state index contributed by atoms with van der Waals surface area (Å²) in [5.74, 6) is 0.790. The van der Waals surface area contributed by atoms with E-state index in [0.29, 0.717) is 12.1 Å². The Balaban J connectivity index is 1.67. The fourth-order valence-corrected chi connectivity index (χ4v) is 2.89. The molecule has 21 heavy (non-hydrogen) atoms. The van der Waals surface area contributed by atoms with Crippen LogP contribution in [0.25, 0.3) is 5.82 Å². The van der Waals surface area contributed by atoms with Gasteiger partial charge in [0.15, 0.2) is 5.82 Å². The van der Waals surface area contributed by atoms with Gasteiger partial charge in [-0.25, -0.2) is 14.6 Å². The second kappa shape index (κ2) is 6.67. The average Bonchev–Trinajstić information content (AvgIpc) is 3.03. The molecule has 2 N–H and O–H groups in total. The van der Waals surface area contributed by atoms with E-state index in [1.54, 1.807) is 17.2 Å². The summed E-state index contributed by atoms with van der Waals surface area (Å²) in [5, 5.41) is 11.3. The molecule has 0 saturated carbocycles. The highest BCUT2D eigenvalue weighted by Gasteiger charge is 2.17. The van der Waals surface area contributed by atoms with E-state index >= 15 is 0 Å². The summed E-state index contributed by atoms with van der Waals surface area (Å²) in [5.41, 5.74) is 0.992. The van der Waals surface area contributed by atoms with Gasteiger partial charge in [0.25, 0.3) is 0 Å². The lowest BCUT2D eigenvalue weighted by molar-refractivity contribution is 0.371. The minimum atomic E-state index is 0.382. The summed E-state index contributed by atoms with van der Waals surface area (Å²) >= 11 is 0. The molecule has 0 aromatic carbocycles. The van der Waals surface area contributed by atoms with E-state index in [9.17, 15) is 0 Å². The summed E-state index contributed by atoms with van der Waals surface area (Å²) in [4.78, 5) is 8.39. The quantitative estimate of drug-likeness (QED) is 0.880. The molecule has 1 fully saturated rings. The number of piperidine rings is 1. The van der Waals surface area contributed by atoms with E-state index in [4.69, 9.17) is 0 Å². The number of pyridine rings is 1. The lowest BCUT2D eigenvalue weighted by atomic mass is 9.99. The van der Waals surface area contributed by atoms with Crippen LogP contribution in [0.4, 0.5) is 5.69 Å². The Morgan fingerprint density at radius 3 is 3.19 bits per heavy atom. The van der Waals surface area contributed by atoms with Gasteiger partial charge in [-0.1, -0.05) is 6.42 Å². The molecule has 3 heterocycles. The summed E-state index contributed by atoms with van der Waals surface area (Å²) in [6, 6.07) is 4.98. The van der Waals surface area contributed by atoms with E-state index in [1.807, 2.05) is 12.1 Å². The van der Waals surface area contributed by atoms with Crippen LogP contribution in [0.2, 0.25) is 0 Å². The van der Waals surface area contributed by atoms with Crippen molar-refractivity contribution in [1.29, 1.82) is 0 Å². The van der Waals surface area contributed by atoms with Crippen LogP contribution in [0.15, 0.2) is 31.0 Å². The van der Waals surface area contributed by atoms with Gasteiger partial charge in [0.2, 0.25) is 0 Å². The first-order chi connectivity index (χ1) is 10.3. The summed E-state index contributed by atoms with van der Waals surface area (Å²) < 4.78 is 1.69. The predicted octanol–water partition coefficient (Wildman–Crippen LogP) is 1.99. The number of rotatable bonds is 5. The minimum absolute atomic E-state index is 0.382. The van der Waals surface area contributed by atoms with Crippen molar-refractivity contribution in [3.8, 4) is 5.82 Å². The van der Waals surface area contributed by atoms with Gasteiger partial charge in [-0.3, -0.25) is 0 Å². The SMILES string of the molecule is CC(CC1CCCCN1)Nc1cccnc1-n1cncn1. The normalized spacial score (nSPS) is 20.1. The number of nitrogens with one attached hydrogen (secondary N) is 2. The lowest BCUT2D eigenvalue weighted by Gasteiger charge is -2.27. The zero-order valence-corrected chi connectivity index (χ0v) is 12.4. The Hall–Kier alpha value is -1.95. The molecule has 0 spiro atoms. The highest BCUT2D eigenvalue weighted by molar-refractivity contribution is 5.56. The Morgan fingerprint density at radius 2 is 2.43 bits per heavy atom. The van der Waals surface area contributed by atoms with E-state index in [1.165, 1.54) is 25.6 Å². The molecule has 1 aliphatic heterocycles. The van der Waals surface area contributed by atoms with Crippen molar-refractivity contribution >= 4 is 5.69 Å². The van der Waals surface area contributed by atoms with Gasteiger partial charge >= 0.3 is 0 Å². The van der Waals surface area contributed by atoms with Gasteiger partial charge in [-0.2, -0.15) is 5.10 Å². The van der Waals surface area contributed by atoms with Crippen molar-refractivity contribution in [3.05, 3.63) is 31.0 Å². The standard InChI is InChI=1S/C15H22N6/c1-12(9-13-5-2-3-7-17-13)20-14-6-4-8-18-15(14)21-11-16-10-19-21/h4,6,8,10-13,17,20H,2-3,5,7,9H2,1H3. The summed E-state index contributed by atoms with van der Waals surface area (Å²) in [7, 11) is 0. The first-order valence-corrected chi connectivity index (χ1v) is 7.63. The van der Waals surface area contributed by atoms with Crippen LogP contribution in [-0.4, -0.2) is 38.4 Å². The number of nitrogens with zero attached hydrogens (tertiary/aromatic N) is 4. The number of hydrogen-bond donors (Lipinski definition) is 2. The van der Waals surface area contributed by atoms with Crippen LogP contribution in [0.1, 0.15) is 32.6 Å². The third-order valence-corrected chi connectivity index (χ3v) is 3.87. The molecule has 0 radical (unpaired) electrons. The zero-order chi connectivity index (χ0) is 14.5. The fraction of sp³-hybridized carbons (Fsp3) is 0.533. The topological polar surface area (TPSA) is 67.7 Å². The van der Waals surface area contributed by atoms with Gasteiger partial charge in [0.1, 0.15) is 12.7 Å². The average molecular weight is 286 g/mol. The van der Waals surface area contributed by atoms with E-state index in [-0.39, 0.29) is 0 Å². The predicted molar refractivity (Wildman–Crippen MR) is 82.5 cm³/mol. The maximum absolute atomic E-state index is 4.40. The number of hydrogen-bond acceptors (Lipinski definition) is 5. The zero-order valence-electron chi connectivity index (χ0n) is 12.4. The molecular weight excluding hydrogens is 264 g/mol. The highest BCUT2D eigenvalue weighted by atomic mass is 15.3. The first kappa shape index (κ1) is 14.0. The maximum Gasteiger partial charge on any atom is 0.178 e.